The lowest BCUT2D eigenvalue weighted by atomic mass is 10.00. The monoisotopic (exact) mass is 399 g/mol. The number of nitrogens with zero attached hydrogens (tertiary/aromatic N) is 4. The van der Waals surface area contributed by atoms with E-state index in [1.807, 2.05) is 10.6 Å². The highest BCUT2D eigenvalue weighted by atomic mass is 127. The Morgan fingerprint density at radius 1 is 1.52 bits per heavy atom. The van der Waals surface area contributed by atoms with Gasteiger partial charge in [0, 0.05) is 29.6 Å². The number of aromatic nitrogens is 4. The van der Waals surface area contributed by atoms with Crippen LogP contribution >= 0.6 is 22.6 Å². The van der Waals surface area contributed by atoms with Crippen LogP contribution in [0.2, 0.25) is 0 Å². The van der Waals surface area contributed by atoms with Crippen LogP contribution in [0.1, 0.15) is 12.5 Å². The summed E-state index contributed by atoms with van der Waals surface area (Å²) in [5.41, 5.74) is 2.04. The maximum absolute atomic E-state index is 10.2. The Bertz CT molecular complexity index is 773. The van der Waals surface area contributed by atoms with Gasteiger partial charge in [0.25, 0.3) is 0 Å². The van der Waals surface area contributed by atoms with Crippen molar-refractivity contribution in [3.63, 3.8) is 0 Å². The van der Waals surface area contributed by atoms with Crippen LogP contribution in [0.25, 0.3) is 11.2 Å². The number of hydrogen-bond acceptors (Lipinski definition) is 6. The molecule has 3 N–H and O–H groups in total. The average molecular weight is 399 g/mol. The van der Waals surface area contributed by atoms with Crippen molar-refractivity contribution in [3.05, 3.63) is 21.8 Å². The summed E-state index contributed by atoms with van der Waals surface area (Å²) in [6.45, 7) is -0.0408. The van der Waals surface area contributed by atoms with Gasteiger partial charge in [0.15, 0.2) is 20.8 Å². The van der Waals surface area contributed by atoms with Crippen molar-refractivity contribution in [2.45, 2.75) is 18.6 Å². The molecular formula is C13H14IN5O2. The van der Waals surface area contributed by atoms with E-state index in [4.69, 9.17) is 0 Å². The largest absolute Gasteiger partial charge is 0.395 e. The number of aliphatic hydroxyl groups excluding tert-OH is 2. The van der Waals surface area contributed by atoms with Gasteiger partial charge in [-0.25, -0.2) is 15.0 Å². The van der Waals surface area contributed by atoms with Crippen LogP contribution in [0.4, 0.5) is 5.82 Å². The molecule has 0 radical (unpaired) electrons. The summed E-state index contributed by atoms with van der Waals surface area (Å²) >= 11 is 2.08. The summed E-state index contributed by atoms with van der Waals surface area (Å²) < 4.78 is 2.61. The summed E-state index contributed by atoms with van der Waals surface area (Å²) in [6.07, 6.45) is 3.74. The zero-order valence-electron chi connectivity index (χ0n) is 11.3. The summed E-state index contributed by atoms with van der Waals surface area (Å²) in [6, 6.07) is 0.00700. The molecule has 4 rings (SSSR count). The topological polar surface area (TPSA) is 96.1 Å². The van der Waals surface area contributed by atoms with Crippen molar-refractivity contribution in [1.29, 1.82) is 0 Å². The number of aliphatic hydroxyl groups is 2. The Hall–Kier alpha value is -1.26. The minimum Gasteiger partial charge on any atom is -0.395 e. The van der Waals surface area contributed by atoms with Crippen LogP contribution in [-0.4, -0.2) is 49.5 Å². The van der Waals surface area contributed by atoms with Gasteiger partial charge in [-0.2, -0.15) is 0 Å². The second-order valence-electron chi connectivity index (χ2n) is 5.48. The molecule has 8 heteroatoms. The fourth-order valence-corrected chi connectivity index (χ4v) is 3.75. The van der Waals surface area contributed by atoms with Crippen LogP contribution in [0.3, 0.4) is 0 Å². The quantitative estimate of drug-likeness (QED) is 0.400. The van der Waals surface area contributed by atoms with E-state index in [0.717, 1.165) is 16.7 Å². The highest BCUT2D eigenvalue weighted by molar-refractivity contribution is 14.1. The maximum Gasteiger partial charge on any atom is 0.194 e. The lowest BCUT2D eigenvalue weighted by Crippen LogP contribution is -2.23. The third kappa shape index (κ3) is 1.69. The predicted octanol–water partition coefficient (Wildman–Crippen LogP) is 0.697. The predicted molar refractivity (Wildman–Crippen MR) is 84.8 cm³/mol. The Labute approximate surface area is 134 Å². The fraction of sp³-hybridized carbons (Fsp3) is 0.462. The van der Waals surface area contributed by atoms with Crippen LogP contribution in [0.5, 0.6) is 0 Å². The normalized spacial score (nSPS) is 30.4. The molecule has 0 amide bonds. The van der Waals surface area contributed by atoms with Crippen molar-refractivity contribution in [3.8, 4) is 0 Å². The van der Waals surface area contributed by atoms with Gasteiger partial charge < -0.3 is 20.1 Å². The van der Waals surface area contributed by atoms with Crippen molar-refractivity contribution >= 4 is 39.6 Å². The molecule has 2 aromatic heterocycles. The van der Waals surface area contributed by atoms with E-state index in [2.05, 4.69) is 42.9 Å². The summed E-state index contributed by atoms with van der Waals surface area (Å²) in [5, 5.41) is 22.7. The Morgan fingerprint density at radius 2 is 2.33 bits per heavy atom. The molecule has 0 spiro atoms. The van der Waals surface area contributed by atoms with Gasteiger partial charge in [-0.15, -0.1) is 0 Å². The van der Waals surface area contributed by atoms with E-state index in [0.29, 0.717) is 16.1 Å². The number of nitrogens with one attached hydrogen (secondary N) is 1. The van der Waals surface area contributed by atoms with Crippen LogP contribution in [0.15, 0.2) is 18.0 Å². The van der Waals surface area contributed by atoms with Crippen molar-refractivity contribution in [2.75, 3.05) is 19.0 Å². The van der Waals surface area contributed by atoms with Crippen LogP contribution in [-0.2, 0) is 0 Å². The van der Waals surface area contributed by atoms with Crippen molar-refractivity contribution in [1.82, 2.24) is 19.5 Å². The summed E-state index contributed by atoms with van der Waals surface area (Å²) in [5.74, 6) is 0.694. The first-order chi connectivity index (χ1) is 10.1. The molecule has 0 aromatic carbocycles. The SMILES string of the molecule is CNc1nc(I)nc2c1ncn2C1CC(O)C2(CO)C=C12. The van der Waals surface area contributed by atoms with E-state index in [9.17, 15) is 10.2 Å². The molecule has 7 nitrogen and oxygen atoms in total. The number of hydrogen-bond donors (Lipinski definition) is 3. The van der Waals surface area contributed by atoms with Gasteiger partial charge in [-0.05, 0) is 12.0 Å². The highest BCUT2D eigenvalue weighted by Gasteiger charge is 2.59. The Kier molecular flexibility index (Phi) is 2.79. The van der Waals surface area contributed by atoms with Gasteiger partial charge >= 0.3 is 0 Å². The molecular weight excluding hydrogens is 385 g/mol. The zero-order chi connectivity index (χ0) is 14.8. The number of halogens is 1. The van der Waals surface area contributed by atoms with Crippen LogP contribution in [0, 0.1) is 9.25 Å². The molecule has 1 saturated carbocycles. The minimum absolute atomic E-state index is 0.00700. The Balaban J connectivity index is 1.83. The third-order valence-corrected chi connectivity index (χ3v) is 4.98. The summed E-state index contributed by atoms with van der Waals surface area (Å²) in [7, 11) is 1.80. The molecule has 2 heterocycles. The molecule has 3 unspecified atom stereocenters. The molecule has 2 aliphatic rings. The van der Waals surface area contributed by atoms with E-state index in [1.165, 1.54) is 0 Å². The molecule has 0 bridgehead atoms. The second kappa shape index (κ2) is 4.37. The minimum atomic E-state index is -0.537. The molecule has 0 saturated heterocycles. The average Bonchev–Trinajstić information content (AvgIpc) is 2.98. The second-order valence-corrected chi connectivity index (χ2v) is 6.45. The van der Waals surface area contributed by atoms with Crippen LogP contribution < -0.4 is 5.32 Å². The Morgan fingerprint density at radius 3 is 2.95 bits per heavy atom. The number of anilines is 1. The molecule has 3 atom stereocenters. The highest BCUT2D eigenvalue weighted by Crippen LogP contribution is 2.61. The molecule has 2 aliphatic carbocycles. The molecule has 0 aliphatic heterocycles. The standard InChI is InChI=1S/C13H14IN5O2/c1-15-10-9-11(18-12(14)17-10)19(5-16-9)7-2-8(21)13(4-20)3-6(7)13/h3,5,7-8,20-21H,2,4H2,1H3,(H,15,17,18). The third-order valence-electron chi connectivity index (χ3n) is 4.50. The summed E-state index contributed by atoms with van der Waals surface area (Å²) in [4.78, 5) is 13.2. The lowest BCUT2D eigenvalue weighted by molar-refractivity contribution is 0.0741. The fourth-order valence-electron chi connectivity index (χ4n) is 3.28. The zero-order valence-corrected chi connectivity index (χ0v) is 13.4. The van der Waals surface area contributed by atoms with E-state index < -0.39 is 11.5 Å². The number of imidazole rings is 1. The van der Waals surface area contributed by atoms with Gasteiger partial charge in [0.05, 0.1) is 30.5 Å². The first-order valence-corrected chi connectivity index (χ1v) is 7.78. The van der Waals surface area contributed by atoms with Crippen molar-refractivity contribution < 1.29 is 10.2 Å². The van der Waals surface area contributed by atoms with Gasteiger partial charge in [-0.3, -0.25) is 0 Å². The maximum atomic E-state index is 10.2. The van der Waals surface area contributed by atoms with E-state index in [1.54, 1.807) is 13.4 Å². The number of fused-ring (bicyclic) bond motifs is 2. The van der Waals surface area contributed by atoms with Gasteiger partial charge in [0.1, 0.15) is 0 Å². The first-order valence-electron chi connectivity index (χ1n) is 6.70. The lowest BCUT2D eigenvalue weighted by Gasteiger charge is -2.14. The molecule has 1 fully saturated rings. The smallest absolute Gasteiger partial charge is 0.194 e. The molecule has 21 heavy (non-hydrogen) atoms. The van der Waals surface area contributed by atoms with Crippen molar-refractivity contribution in [2.24, 2.45) is 5.41 Å². The molecule has 110 valence electrons. The van der Waals surface area contributed by atoms with E-state index in [-0.39, 0.29) is 12.6 Å². The number of rotatable bonds is 3. The first kappa shape index (κ1) is 13.4. The van der Waals surface area contributed by atoms with E-state index >= 15 is 0 Å². The van der Waals surface area contributed by atoms with Gasteiger partial charge in [-0.1, -0.05) is 6.08 Å². The molecule has 2 aromatic rings. The van der Waals surface area contributed by atoms with Gasteiger partial charge in [0.2, 0.25) is 0 Å².